The van der Waals surface area contributed by atoms with Crippen molar-refractivity contribution >= 4 is 22.8 Å². The normalized spacial score (nSPS) is 15.0. The maximum Gasteiger partial charge on any atom is 0.229 e. The molecular weight excluding hydrogens is 345 g/mol. The Morgan fingerprint density at radius 1 is 1.00 bits per heavy atom. The van der Waals surface area contributed by atoms with Gasteiger partial charge in [0.05, 0.1) is 10.9 Å². The average Bonchev–Trinajstić information content (AvgIpc) is 2.70. The maximum atomic E-state index is 13.3. The summed E-state index contributed by atoms with van der Waals surface area (Å²) in [6.07, 6.45) is 4.90. The van der Waals surface area contributed by atoms with Crippen molar-refractivity contribution in [2.45, 2.75) is 32.1 Å². The molecule has 0 spiro atoms. The Morgan fingerprint density at radius 3 is 2.44 bits per heavy atom. The number of para-hydroxylation sites is 1. The van der Waals surface area contributed by atoms with Crippen LogP contribution in [-0.2, 0) is 4.79 Å². The number of carbonyl (C=O) groups is 1. The van der Waals surface area contributed by atoms with Gasteiger partial charge in [0.1, 0.15) is 11.4 Å². The quantitative estimate of drug-likeness (QED) is 0.701. The summed E-state index contributed by atoms with van der Waals surface area (Å²) >= 11 is 0. The molecule has 1 N–H and O–H groups in total. The molecule has 1 amide bonds. The summed E-state index contributed by atoms with van der Waals surface area (Å²) in [4.78, 5) is 25.8. The molecule has 3 aromatic rings. The zero-order chi connectivity index (χ0) is 18.8. The van der Waals surface area contributed by atoms with Crippen molar-refractivity contribution in [2.75, 3.05) is 5.32 Å². The van der Waals surface area contributed by atoms with E-state index in [0.29, 0.717) is 16.5 Å². The lowest BCUT2D eigenvalue weighted by atomic mass is 9.88. The highest BCUT2D eigenvalue weighted by atomic mass is 19.1. The topological polar surface area (TPSA) is 59.3 Å². The number of fused-ring (bicyclic) bond motifs is 1. The van der Waals surface area contributed by atoms with Crippen LogP contribution in [0.1, 0.15) is 32.1 Å². The van der Waals surface area contributed by atoms with E-state index in [1.807, 2.05) is 0 Å². The average molecular weight is 365 g/mol. The summed E-state index contributed by atoms with van der Waals surface area (Å²) < 4.78 is 19.2. The second-order valence-corrected chi connectivity index (χ2v) is 6.96. The minimum Gasteiger partial charge on any atom is -0.439 e. The van der Waals surface area contributed by atoms with Gasteiger partial charge >= 0.3 is 0 Å². The summed E-state index contributed by atoms with van der Waals surface area (Å²) in [5, 5.41) is 3.25. The van der Waals surface area contributed by atoms with Gasteiger partial charge in [-0.15, -0.1) is 0 Å². The van der Waals surface area contributed by atoms with Gasteiger partial charge < -0.3 is 4.42 Å². The first-order chi connectivity index (χ1) is 13.1. The van der Waals surface area contributed by atoms with Gasteiger partial charge in [-0.25, -0.2) is 4.39 Å². The fourth-order valence-corrected chi connectivity index (χ4v) is 3.69. The molecule has 5 heteroatoms. The van der Waals surface area contributed by atoms with Crippen LogP contribution in [-0.4, -0.2) is 5.91 Å². The summed E-state index contributed by atoms with van der Waals surface area (Å²) in [7, 11) is 0. The Labute approximate surface area is 156 Å². The third kappa shape index (κ3) is 3.50. The van der Waals surface area contributed by atoms with E-state index in [-0.39, 0.29) is 28.7 Å². The number of amides is 1. The summed E-state index contributed by atoms with van der Waals surface area (Å²) in [6.45, 7) is 0. The van der Waals surface area contributed by atoms with Crippen molar-refractivity contribution in [1.29, 1.82) is 0 Å². The Morgan fingerprint density at radius 2 is 1.70 bits per heavy atom. The molecule has 4 rings (SSSR count). The lowest BCUT2D eigenvalue weighted by Gasteiger charge is -2.21. The summed E-state index contributed by atoms with van der Waals surface area (Å²) in [5.41, 5.74) is 0.919. The highest BCUT2D eigenvalue weighted by molar-refractivity contribution is 5.97. The van der Waals surface area contributed by atoms with Gasteiger partial charge in [-0.2, -0.15) is 0 Å². The van der Waals surface area contributed by atoms with Crippen LogP contribution in [0, 0.1) is 11.7 Å². The first kappa shape index (κ1) is 17.5. The minimum atomic E-state index is -0.392. The van der Waals surface area contributed by atoms with Gasteiger partial charge in [0.15, 0.2) is 0 Å². The molecule has 0 atom stereocenters. The van der Waals surface area contributed by atoms with Crippen molar-refractivity contribution in [1.82, 2.24) is 0 Å². The van der Waals surface area contributed by atoms with Crippen LogP contribution >= 0.6 is 0 Å². The van der Waals surface area contributed by atoms with Crippen LogP contribution in [0.5, 0.6) is 0 Å². The van der Waals surface area contributed by atoms with Crippen LogP contribution in [0.15, 0.2) is 57.7 Å². The second kappa shape index (κ2) is 7.35. The van der Waals surface area contributed by atoms with E-state index >= 15 is 0 Å². The molecule has 1 fully saturated rings. The van der Waals surface area contributed by atoms with Gasteiger partial charge in [-0.3, -0.25) is 14.9 Å². The minimum absolute atomic E-state index is 0.0726. The largest absolute Gasteiger partial charge is 0.439 e. The molecule has 1 aliphatic rings. The first-order valence-corrected chi connectivity index (χ1v) is 9.26. The molecule has 1 saturated carbocycles. The number of halogens is 1. The number of benzene rings is 2. The van der Waals surface area contributed by atoms with E-state index in [0.717, 1.165) is 32.1 Å². The van der Waals surface area contributed by atoms with Crippen LogP contribution < -0.4 is 10.7 Å². The maximum absolute atomic E-state index is 13.3. The van der Waals surface area contributed by atoms with E-state index in [9.17, 15) is 14.0 Å². The SMILES string of the molecule is O=C(Nc1oc2ccccc2c(=O)c1-c1ccc(F)cc1)C1CCCCC1. The number of nitrogens with one attached hydrogen (secondary N) is 1. The van der Waals surface area contributed by atoms with E-state index in [1.165, 1.54) is 24.3 Å². The standard InChI is InChI=1S/C22H20FNO3/c23-16-12-10-14(11-13-16)19-20(25)17-8-4-5-9-18(17)27-22(19)24-21(26)15-6-2-1-3-7-15/h4-5,8-13,15H,1-3,6-7H2,(H,24,26). The van der Waals surface area contributed by atoms with Crippen LogP contribution in [0.4, 0.5) is 10.3 Å². The Bertz CT molecular complexity index is 1030. The van der Waals surface area contributed by atoms with Crippen LogP contribution in [0.2, 0.25) is 0 Å². The number of anilines is 1. The number of rotatable bonds is 3. The summed E-state index contributed by atoms with van der Waals surface area (Å²) in [6, 6.07) is 12.5. The van der Waals surface area contributed by atoms with Gasteiger partial charge in [-0.1, -0.05) is 43.5 Å². The van der Waals surface area contributed by atoms with Crippen LogP contribution in [0.3, 0.4) is 0 Å². The van der Waals surface area contributed by atoms with Gasteiger partial charge in [0.25, 0.3) is 0 Å². The molecule has 0 bridgehead atoms. The zero-order valence-corrected chi connectivity index (χ0v) is 14.8. The van der Waals surface area contributed by atoms with Gasteiger partial charge in [0, 0.05) is 5.92 Å². The Kier molecular flexibility index (Phi) is 4.75. The third-order valence-electron chi connectivity index (χ3n) is 5.14. The predicted octanol–water partition coefficient (Wildman–Crippen LogP) is 5.12. The van der Waals surface area contributed by atoms with Gasteiger partial charge in [-0.05, 0) is 42.7 Å². The molecule has 1 heterocycles. The lowest BCUT2D eigenvalue weighted by molar-refractivity contribution is -0.120. The van der Waals surface area contributed by atoms with E-state index in [2.05, 4.69) is 5.32 Å². The van der Waals surface area contributed by atoms with Crippen molar-refractivity contribution in [3.05, 3.63) is 64.6 Å². The molecule has 2 aromatic carbocycles. The van der Waals surface area contributed by atoms with E-state index < -0.39 is 5.82 Å². The van der Waals surface area contributed by atoms with E-state index in [1.54, 1.807) is 24.3 Å². The van der Waals surface area contributed by atoms with Crippen molar-refractivity contribution < 1.29 is 13.6 Å². The van der Waals surface area contributed by atoms with Crippen LogP contribution in [0.25, 0.3) is 22.1 Å². The fourth-order valence-electron chi connectivity index (χ4n) is 3.69. The zero-order valence-electron chi connectivity index (χ0n) is 14.8. The summed E-state index contributed by atoms with van der Waals surface area (Å²) in [5.74, 6) is -0.467. The second-order valence-electron chi connectivity index (χ2n) is 6.96. The highest BCUT2D eigenvalue weighted by Gasteiger charge is 2.24. The molecule has 4 nitrogen and oxygen atoms in total. The number of hydrogen-bond donors (Lipinski definition) is 1. The fraction of sp³-hybridized carbons (Fsp3) is 0.273. The number of carbonyl (C=O) groups excluding carboxylic acids is 1. The molecule has 0 unspecified atom stereocenters. The van der Waals surface area contributed by atoms with Crippen molar-refractivity contribution in [3.63, 3.8) is 0 Å². The molecule has 1 aliphatic carbocycles. The third-order valence-corrected chi connectivity index (χ3v) is 5.14. The lowest BCUT2D eigenvalue weighted by Crippen LogP contribution is -2.26. The molecule has 138 valence electrons. The smallest absolute Gasteiger partial charge is 0.229 e. The molecule has 0 aliphatic heterocycles. The van der Waals surface area contributed by atoms with Crippen molar-refractivity contribution in [2.24, 2.45) is 5.92 Å². The molecular formula is C22H20FNO3. The molecule has 27 heavy (non-hydrogen) atoms. The van der Waals surface area contributed by atoms with Gasteiger partial charge in [0.2, 0.25) is 17.2 Å². The Balaban J connectivity index is 1.82. The molecule has 0 saturated heterocycles. The highest BCUT2D eigenvalue weighted by Crippen LogP contribution is 2.31. The number of hydrogen-bond acceptors (Lipinski definition) is 3. The van der Waals surface area contributed by atoms with E-state index in [4.69, 9.17) is 4.42 Å². The predicted molar refractivity (Wildman–Crippen MR) is 103 cm³/mol. The molecule has 1 aromatic heterocycles. The monoisotopic (exact) mass is 365 g/mol. The molecule has 0 radical (unpaired) electrons. The first-order valence-electron chi connectivity index (χ1n) is 9.26. The Hall–Kier alpha value is -2.95. The van der Waals surface area contributed by atoms with Crippen molar-refractivity contribution in [3.8, 4) is 11.1 Å².